The van der Waals surface area contributed by atoms with Crippen molar-refractivity contribution in [2.45, 2.75) is 41.5 Å². The SMILES string of the molecule is CC.CC.Cc1cc[c-]cc1.Cc1ccc(O)cc1.[Y]. The monoisotopic (exact) mass is 348 g/mol. The summed E-state index contributed by atoms with van der Waals surface area (Å²) >= 11 is 0. The van der Waals surface area contributed by atoms with E-state index in [-0.39, 0.29) is 32.7 Å². The zero-order valence-corrected chi connectivity index (χ0v) is 16.5. The summed E-state index contributed by atoms with van der Waals surface area (Å²) in [6.07, 6.45) is 0. The number of aromatic hydroxyl groups is 1. The van der Waals surface area contributed by atoms with Gasteiger partial charge >= 0.3 is 0 Å². The van der Waals surface area contributed by atoms with Crippen LogP contribution in [0, 0.1) is 19.9 Å². The molecule has 0 fully saturated rings. The van der Waals surface area contributed by atoms with Crippen LogP contribution < -0.4 is 0 Å². The molecule has 0 aromatic heterocycles. The number of phenolic OH excluding ortho intramolecular Hbond substituents is 1. The number of rotatable bonds is 0. The molecule has 2 aromatic carbocycles. The molecule has 2 rings (SSSR count). The summed E-state index contributed by atoms with van der Waals surface area (Å²) in [5, 5.41) is 8.76. The Kier molecular flexibility index (Phi) is 22.3. The van der Waals surface area contributed by atoms with Crippen molar-refractivity contribution in [2.24, 2.45) is 0 Å². The molecule has 2 aromatic rings. The van der Waals surface area contributed by atoms with Crippen molar-refractivity contribution < 1.29 is 37.8 Å². The molecule has 0 saturated heterocycles. The van der Waals surface area contributed by atoms with Gasteiger partial charge in [-0.3, -0.25) is 0 Å². The van der Waals surface area contributed by atoms with E-state index in [1.165, 1.54) is 11.1 Å². The standard InChI is InChI=1S/C7H8O.C7H7.2C2H6.Y/c1-6-2-4-7(8)5-3-6;1-7-5-3-2-4-6-7;2*1-2;/h2-5,8H,1H3;3-6H,1H3;2*1-2H3;/q;-1;;;. The van der Waals surface area contributed by atoms with Gasteiger partial charge in [0.1, 0.15) is 5.75 Å². The Hall–Kier alpha value is -0.656. The second-order valence-electron chi connectivity index (χ2n) is 3.41. The number of aryl methyl sites for hydroxylation is 2. The van der Waals surface area contributed by atoms with E-state index in [9.17, 15) is 0 Å². The van der Waals surface area contributed by atoms with E-state index in [2.05, 4.69) is 13.0 Å². The van der Waals surface area contributed by atoms with E-state index in [0.717, 1.165) is 0 Å². The van der Waals surface area contributed by atoms with Gasteiger partial charge in [-0.2, -0.15) is 35.9 Å². The third-order valence-corrected chi connectivity index (χ3v) is 1.92. The van der Waals surface area contributed by atoms with Crippen molar-refractivity contribution >= 4 is 0 Å². The molecule has 0 amide bonds. The van der Waals surface area contributed by atoms with E-state index < -0.39 is 0 Å². The van der Waals surface area contributed by atoms with E-state index in [1.807, 2.05) is 71.0 Å². The number of phenols is 1. The van der Waals surface area contributed by atoms with Gasteiger partial charge in [0.25, 0.3) is 0 Å². The molecular weight excluding hydrogens is 321 g/mol. The van der Waals surface area contributed by atoms with Crippen molar-refractivity contribution in [3.05, 3.63) is 65.7 Å². The minimum atomic E-state index is 0. The first-order valence-corrected chi connectivity index (χ1v) is 6.87. The van der Waals surface area contributed by atoms with Crippen molar-refractivity contribution in [2.75, 3.05) is 0 Å². The van der Waals surface area contributed by atoms with Gasteiger partial charge in [0.15, 0.2) is 0 Å². The summed E-state index contributed by atoms with van der Waals surface area (Å²) in [4.78, 5) is 0. The number of hydrogen-bond donors (Lipinski definition) is 1. The van der Waals surface area contributed by atoms with E-state index in [1.54, 1.807) is 12.1 Å². The third-order valence-electron chi connectivity index (χ3n) is 1.92. The first-order chi connectivity index (χ1) is 9.18. The first-order valence-electron chi connectivity index (χ1n) is 6.87. The predicted molar refractivity (Wildman–Crippen MR) is 85.6 cm³/mol. The van der Waals surface area contributed by atoms with Crippen molar-refractivity contribution in [3.8, 4) is 5.75 Å². The Morgan fingerprint density at radius 3 is 1.30 bits per heavy atom. The fourth-order valence-electron chi connectivity index (χ4n) is 1.01. The summed E-state index contributed by atoms with van der Waals surface area (Å²) in [6.45, 7) is 12.0. The predicted octanol–water partition coefficient (Wildman–Crippen LogP) is 5.55. The molecule has 1 nitrogen and oxygen atoms in total. The maximum atomic E-state index is 8.76. The maximum absolute atomic E-state index is 8.76. The molecule has 0 unspecified atom stereocenters. The smallest absolute Gasteiger partial charge is 0.115 e. The van der Waals surface area contributed by atoms with Gasteiger partial charge in [-0.05, 0) is 19.1 Å². The summed E-state index contributed by atoms with van der Waals surface area (Å²) in [5.74, 6) is 0.329. The molecule has 109 valence electrons. The average molecular weight is 348 g/mol. The van der Waals surface area contributed by atoms with Crippen LogP contribution >= 0.6 is 0 Å². The second kappa shape index (κ2) is 18.3. The second-order valence-corrected chi connectivity index (χ2v) is 3.41. The summed E-state index contributed by atoms with van der Waals surface area (Å²) < 4.78 is 0. The molecule has 0 heterocycles. The summed E-state index contributed by atoms with van der Waals surface area (Å²) in [6, 6.07) is 17.9. The van der Waals surface area contributed by atoms with Crippen LogP contribution in [0.2, 0.25) is 0 Å². The van der Waals surface area contributed by atoms with Crippen LogP contribution in [0.25, 0.3) is 0 Å². The van der Waals surface area contributed by atoms with Crippen LogP contribution in [0.3, 0.4) is 0 Å². The van der Waals surface area contributed by atoms with E-state index >= 15 is 0 Å². The van der Waals surface area contributed by atoms with Gasteiger partial charge in [-0.15, -0.1) is 0 Å². The third kappa shape index (κ3) is 15.4. The molecule has 20 heavy (non-hydrogen) atoms. The molecule has 0 aliphatic carbocycles. The number of benzene rings is 2. The van der Waals surface area contributed by atoms with Gasteiger partial charge in [0, 0.05) is 32.7 Å². The normalized spacial score (nSPS) is 7.30. The van der Waals surface area contributed by atoms with Gasteiger partial charge in [0.2, 0.25) is 0 Å². The Balaban J connectivity index is -0.000000224. The summed E-state index contributed by atoms with van der Waals surface area (Å²) in [5.41, 5.74) is 2.46. The van der Waals surface area contributed by atoms with Gasteiger partial charge in [0.05, 0.1) is 0 Å². The molecule has 0 aliphatic heterocycles. The van der Waals surface area contributed by atoms with Gasteiger partial charge < -0.3 is 5.11 Å². The zero-order valence-electron chi connectivity index (χ0n) is 13.6. The quantitative estimate of drug-likeness (QED) is 0.619. The van der Waals surface area contributed by atoms with Gasteiger partial charge in [-0.1, -0.05) is 52.3 Å². The van der Waals surface area contributed by atoms with Crippen LogP contribution in [0.4, 0.5) is 0 Å². The topological polar surface area (TPSA) is 20.2 Å². The Morgan fingerprint density at radius 1 is 0.700 bits per heavy atom. The minimum Gasteiger partial charge on any atom is -0.508 e. The molecule has 0 saturated carbocycles. The zero-order chi connectivity index (χ0) is 15.1. The molecule has 2 heteroatoms. The Bertz CT molecular complexity index is 361. The number of hydrogen-bond acceptors (Lipinski definition) is 1. The van der Waals surface area contributed by atoms with Gasteiger partial charge in [-0.25, -0.2) is 0 Å². The van der Waals surface area contributed by atoms with Crippen LogP contribution in [-0.2, 0) is 32.7 Å². The molecule has 0 spiro atoms. The largest absolute Gasteiger partial charge is 0.508 e. The van der Waals surface area contributed by atoms with Crippen LogP contribution in [0.5, 0.6) is 5.75 Å². The summed E-state index contributed by atoms with van der Waals surface area (Å²) in [7, 11) is 0. The molecular formula is C18H27OY-. The Labute approximate surface area is 150 Å². The van der Waals surface area contributed by atoms with E-state index in [0.29, 0.717) is 5.75 Å². The van der Waals surface area contributed by atoms with Crippen LogP contribution in [0.1, 0.15) is 38.8 Å². The van der Waals surface area contributed by atoms with Crippen LogP contribution in [0.15, 0.2) is 48.5 Å². The average Bonchev–Trinajstić information content (AvgIpc) is 2.48. The molecule has 1 radical (unpaired) electrons. The molecule has 1 N–H and O–H groups in total. The Morgan fingerprint density at radius 2 is 1.05 bits per heavy atom. The first kappa shape index (κ1) is 24.4. The fraction of sp³-hybridized carbons (Fsp3) is 0.333. The maximum Gasteiger partial charge on any atom is 0.115 e. The molecule has 0 aliphatic rings. The van der Waals surface area contributed by atoms with Crippen LogP contribution in [-0.4, -0.2) is 5.11 Å². The van der Waals surface area contributed by atoms with Crippen molar-refractivity contribution in [1.82, 2.24) is 0 Å². The van der Waals surface area contributed by atoms with E-state index in [4.69, 9.17) is 5.11 Å². The molecule has 0 atom stereocenters. The minimum absolute atomic E-state index is 0. The fourth-order valence-corrected chi connectivity index (χ4v) is 1.01. The van der Waals surface area contributed by atoms with Crippen molar-refractivity contribution in [1.29, 1.82) is 0 Å². The molecule has 0 bridgehead atoms. The van der Waals surface area contributed by atoms with Crippen molar-refractivity contribution in [3.63, 3.8) is 0 Å².